The lowest BCUT2D eigenvalue weighted by Crippen LogP contribution is -2.03. The molecule has 0 N–H and O–H groups in total. The van der Waals surface area contributed by atoms with Crippen LogP contribution in [0, 0.1) is 5.82 Å². The first-order valence-electron chi connectivity index (χ1n) is 6.66. The highest BCUT2D eigenvalue weighted by atomic mass is 19.1. The Kier molecular flexibility index (Phi) is 2.70. The number of nitrogens with zero attached hydrogens (tertiary/aromatic N) is 2. The molecule has 0 radical (unpaired) electrons. The van der Waals surface area contributed by atoms with E-state index in [9.17, 15) is 4.39 Å². The fourth-order valence-corrected chi connectivity index (χ4v) is 2.64. The van der Waals surface area contributed by atoms with Crippen molar-refractivity contribution in [1.29, 1.82) is 0 Å². The molecule has 1 fully saturated rings. The predicted molar refractivity (Wildman–Crippen MR) is 65.9 cm³/mol. The van der Waals surface area contributed by atoms with E-state index in [2.05, 4.69) is 10.2 Å². The predicted octanol–water partition coefficient (Wildman–Crippen LogP) is 2.39. The van der Waals surface area contributed by atoms with E-state index in [1.54, 1.807) is 6.07 Å². The highest BCUT2D eigenvalue weighted by Gasteiger charge is 2.32. The van der Waals surface area contributed by atoms with Gasteiger partial charge >= 0.3 is 0 Å². The normalized spacial score (nSPS) is 24.6. The molecule has 104 valence electrons. The van der Waals surface area contributed by atoms with Crippen LogP contribution in [0.15, 0.2) is 22.6 Å². The Hall–Kier alpha value is -1.95. The van der Waals surface area contributed by atoms with Crippen molar-refractivity contribution < 1.29 is 18.3 Å². The van der Waals surface area contributed by atoms with E-state index in [0.29, 0.717) is 30.6 Å². The van der Waals surface area contributed by atoms with Crippen LogP contribution in [0.5, 0.6) is 5.75 Å². The number of rotatable bonds is 2. The standard InChI is InChI=1S/C14H13FN2O3/c15-10-3-1-2-8-6-11(19-12(8)10)14-17-16-13(20-14)9-4-5-18-7-9/h1-3,9,11H,4-7H2/t9-,11+/m1/s1. The zero-order valence-electron chi connectivity index (χ0n) is 10.7. The minimum absolute atomic E-state index is 0.164. The summed E-state index contributed by atoms with van der Waals surface area (Å²) in [4.78, 5) is 0. The molecule has 1 saturated heterocycles. The van der Waals surface area contributed by atoms with Crippen LogP contribution < -0.4 is 4.74 Å². The van der Waals surface area contributed by atoms with Gasteiger partial charge in [-0.2, -0.15) is 0 Å². The number of para-hydroxylation sites is 1. The van der Waals surface area contributed by atoms with E-state index in [1.807, 2.05) is 6.07 Å². The molecule has 6 heteroatoms. The molecule has 5 nitrogen and oxygen atoms in total. The molecular weight excluding hydrogens is 263 g/mol. The van der Waals surface area contributed by atoms with Crippen molar-refractivity contribution in [3.63, 3.8) is 0 Å². The molecule has 3 heterocycles. The van der Waals surface area contributed by atoms with Crippen molar-refractivity contribution in [3.05, 3.63) is 41.4 Å². The first kappa shape index (κ1) is 11.8. The Bertz CT molecular complexity index is 637. The second-order valence-corrected chi connectivity index (χ2v) is 5.08. The number of fused-ring (bicyclic) bond motifs is 1. The van der Waals surface area contributed by atoms with Crippen LogP contribution in [-0.2, 0) is 11.2 Å². The Balaban J connectivity index is 1.57. The fraction of sp³-hybridized carbons (Fsp3) is 0.429. The molecule has 0 aliphatic carbocycles. The molecule has 0 unspecified atom stereocenters. The Morgan fingerprint density at radius 3 is 2.90 bits per heavy atom. The van der Waals surface area contributed by atoms with Gasteiger partial charge in [0.25, 0.3) is 5.89 Å². The zero-order valence-corrected chi connectivity index (χ0v) is 10.7. The lowest BCUT2D eigenvalue weighted by Gasteiger charge is -2.05. The quantitative estimate of drug-likeness (QED) is 0.843. The maximum Gasteiger partial charge on any atom is 0.257 e. The third kappa shape index (κ3) is 1.87. The van der Waals surface area contributed by atoms with Crippen LogP contribution in [0.25, 0.3) is 0 Å². The van der Waals surface area contributed by atoms with Crippen molar-refractivity contribution >= 4 is 0 Å². The van der Waals surface area contributed by atoms with Crippen LogP contribution in [0.1, 0.15) is 35.8 Å². The Morgan fingerprint density at radius 1 is 1.20 bits per heavy atom. The number of hydrogen-bond donors (Lipinski definition) is 0. The number of hydrogen-bond acceptors (Lipinski definition) is 5. The molecule has 2 aliphatic rings. The maximum absolute atomic E-state index is 13.6. The molecule has 2 aliphatic heterocycles. The molecular formula is C14H13FN2O3. The van der Waals surface area contributed by atoms with Gasteiger partial charge < -0.3 is 13.9 Å². The number of halogens is 1. The highest BCUT2D eigenvalue weighted by molar-refractivity contribution is 5.39. The molecule has 2 atom stereocenters. The van der Waals surface area contributed by atoms with E-state index in [1.165, 1.54) is 6.07 Å². The second kappa shape index (κ2) is 4.56. The van der Waals surface area contributed by atoms with Gasteiger partial charge in [-0.15, -0.1) is 10.2 Å². The van der Waals surface area contributed by atoms with Crippen molar-refractivity contribution in [2.75, 3.05) is 13.2 Å². The van der Waals surface area contributed by atoms with Gasteiger partial charge in [0.15, 0.2) is 17.7 Å². The van der Waals surface area contributed by atoms with Gasteiger partial charge in [-0.25, -0.2) is 4.39 Å². The fourth-order valence-electron chi connectivity index (χ4n) is 2.64. The molecule has 0 amide bonds. The lowest BCUT2D eigenvalue weighted by atomic mass is 10.1. The summed E-state index contributed by atoms with van der Waals surface area (Å²) in [6.45, 7) is 1.33. The average molecular weight is 276 g/mol. The van der Waals surface area contributed by atoms with Crippen LogP contribution in [0.4, 0.5) is 4.39 Å². The molecule has 0 spiro atoms. The molecule has 1 aromatic heterocycles. The third-order valence-electron chi connectivity index (χ3n) is 3.72. The van der Waals surface area contributed by atoms with E-state index in [0.717, 1.165) is 18.6 Å². The van der Waals surface area contributed by atoms with Gasteiger partial charge in [-0.3, -0.25) is 0 Å². The Labute approximate surface area is 114 Å². The SMILES string of the molecule is Fc1cccc2c1O[C@H](c1nnc([C@@H]3CCOC3)o1)C2. The van der Waals surface area contributed by atoms with Gasteiger partial charge in [0.2, 0.25) is 5.89 Å². The maximum atomic E-state index is 13.6. The first-order chi connectivity index (χ1) is 9.81. The summed E-state index contributed by atoms with van der Waals surface area (Å²) in [5, 5.41) is 8.09. The number of ether oxygens (including phenoxy) is 2. The molecule has 4 rings (SSSR count). The third-order valence-corrected chi connectivity index (χ3v) is 3.72. The number of benzene rings is 1. The van der Waals surface area contributed by atoms with Crippen molar-refractivity contribution in [2.24, 2.45) is 0 Å². The van der Waals surface area contributed by atoms with Crippen LogP contribution in [-0.4, -0.2) is 23.4 Å². The summed E-state index contributed by atoms with van der Waals surface area (Å²) >= 11 is 0. The van der Waals surface area contributed by atoms with Gasteiger partial charge in [-0.05, 0) is 12.5 Å². The van der Waals surface area contributed by atoms with Crippen LogP contribution in [0.3, 0.4) is 0 Å². The highest BCUT2D eigenvalue weighted by Crippen LogP contribution is 2.38. The first-order valence-corrected chi connectivity index (χ1v) is 6.66. The molecule has 20 heavy (non-hydrogen) atoms. The molecule has 0 saturated carbocycles. The van der Waals surface area contributed by atoms with Crippen molar-refractivity contribution in [2.45, 2.75) is 24.9 Å². The van der Waals surface area contributed by atoms with Gasteiger partial charge in [0.05, 0.1) is 12.5 Å². The average Bonchev–Trinajstić information content (AvgIpc) is 3.18. The molecule has 0 bridgehead atoms. The summed E-state index contributed by atoms with van der Waals surface area (Å²) in [6, 6.07) is 4.91. The lowest BCUT2D eigenvalue weighted by molar-refractivity contribution is 0.179. The van der Waals surface area contributed by atoms with E-state index in [-0.39, 0.29) is 11.7 Å². The van der Waals surface area contributed by atoms with E-state index in [4.69, 9.17) is 13.9 Å². The number of aromatic nitrogens is 2. The molecule has 1 aromatic carbocycles. The van der Waals surface area contributed by atoms with E-state index >= 15 is 0 Å². The van der Waals surface area contributed by atoms with Crippen molar-refractivity contribution in [1.82, 2.24) is 10.2 Å². The van der Waals surface area contributed by atoms with Gasteiger partial charge in [0.1, 0.15) is 0 Å². The van der Waals surface area contributed by atoms with Crippen LogP contribution in [0.2, 0.25) is 0 Å². The van der Waals surface area contributed by atoms with Gasteiger partial charge in [-0.1, -0.05) is 12.1 Å². The monoisotopic (exact) mass is 276 g/mol. The Morgan fingerprint density at radius 2 is 2.10 bits per heavy atom. The minimum atomic E-state index is -0.398. The summed E-state index contributed by atoms with van der Waals surface area (Å²) in [5.74, 6) is 1.09. The van der Waals surface area contributed by atoms with Crippen molar-refractivity contribution in [3.8, 4) is 5.75 Å². The minimum Gasteiger partial charge on any atom is -0.477 e. The zero-order chi connectivity index (χ0) is 13.5. The topological polar surface area (TPSA) is 57.4 Å². The van der Waals surface area contributed by atoms with E-state index < -0.39 is 6.10 Å². The smallest absolute Gasteiger partial charge is 0.257 e. The summed E-state index contributed by atoms with van der Waals surface area (Å²) in [5.41, 5.74) is 0.832. The summed E-state index contributed by atoms with van der Waals surface area (Å²) in [6.07, 6.45) is 1.04. The molecule has 2 aromatic rings. The summed E-state index contributed by atoms with van der Waals surface area (Å²) in [7, 11) is 0. The second-order valence-electron chi connectivity index (χ2n) is 5.08. The summed E-state index contributed by atoms with van der Waals surface area (Å²) < 4.78 is 30.2. The van der Waals surface area contributed by atoms with Gasteiger partial charge in [0, 0.05) is 18.6 Å². The largest absolute Gasteiger partial charge is 0.477 e. The van der Waals surface area contributed by atoms with Crippen LogP contribution >= 0.6 is 0 Å².